The molecule has 1 amide bonds. The summed E-state index contributed by atoms with van der Waals surface area (Å²) in [6.07, 6.45) is 4.02. The third-order valence-electron chi connectivity index (χ3n) is 3.73. The average Bonchev–Trinajstić information content (AvgIpc) is 2.48. The molecule has 3 nitrogen and oxygen atoms in total. The number of carbonyl (C=O) groups excluding carboxylic acids is 1. The average molecular weight is 293 g/mol. The van der Waals surface area contributed by atoms with E-state index in [2.05, 4.69) is 5.32 Å². The molecule has 1 aromatic rings. The van der Waals surface area contributed by atoms with Gasteiger partial charge in [0.2, 0.25) is 5.91 Å². The number of rotatable bonds is 5. The lowest BCUT2D eigenvalue weighted by atomic mass is 9.93. The van der Waals surface area contributed by atoms with Gasteiger partial charge >= 0.3 is 0 Å². The predicted molar refractivity (Wildman–Crippen MR) is 82.8 cm³/mol. The minimum atomic E-state index is -0.177. The van der Waals surface area contributed by atoms with Crippen LogP contribution >= 0.6 is 11.8 Å². The molecule has 110 valence electrons. The summed E-state index contributed by atoms with van der Waals surface area (Å²) in [7, 11) is 0. The Morgan fingerprint density at radius 1 is 1.30 bits per heavy atom. The molecule has 0 saturated heterocycles. The number of aliphatic hydroxyl groups excluding tert-OH is 1. The van der Waals surface area contributed by atoms with Crippen LogP contribution in [-0.4, -0.2) is 28.4 Å². The first kappa shape index (κ1) is 15.4. The van der Waals surface area contributed by atoms with E-state index in [1.807, 2.05) is 37.3 Å². The van der Waals surface area contributed by atoms with E-state index in [9.17, 15) is 9.90 Å². The van der Waals surface area contributed by atoms with E-state index >= 15 is 0 Å². The molecule has 0 heterocycles. The van der Waals surface area contributed by atoms with Crippen LogP contribution in [0.1, 0.15) is 39.0 Å². The van der Waals surface area contributed by atoms with E-state index in [0.717, 1.165) is 37.0 Å². The fourth-order valence-electron chi connectivity index (χ4n) is 2.50. The second-order valence-electron chi connectivity index (χ2n) is 5.34. The summed E-state index contributed by atoms with van der Waals surface area (Å²) in [5.41, 5.74) is 0. The molecule has 1 saturated carbocycles. The van der Waals surface area contributed by atoms with Crippen LogP contribution in [0.15, 0.2) is 35.2 Å². The summed E-state index contributed by atoms with van der Waals surface area (Å²) >= 11 is 1.62. The summed E-state index contributed by atoms with van der Waals surface area (Å²) in [4.78, 5) is 13.5. The van der Waals surface area contributed by atoms with Gasteiger partial charge in [-0.3, -0.25) is 4.79 Å². The highest BCUT2D eigenvalue weighted by atomic mass is 32.2. The van der Waals surface area contributed by atoms with Gasteiger partial charge in [-0.1, -0.05) is 25.1 Å². The Morgan fingerprint density at radius 3 is 2.55 bits per heavy atom. The van der Waals surface area contributed by atoms with Crippen LogP contribution < -0.4 is 5.32 Å². The van der Waals surface area contributed by atoms with E-state index in [1.54, 1.807) is 11.8 Å². The molecule has 1 aromatic carbocycles. The number of amides is 1. The molecule has 0 radical (unpaired) electrons. The van der Waals surface area contributed by atoms with Crippen molar-refractivity contribution in [2.75, 3.05) is 0 Å². The first-order chi connectivity index (χ1) is 9.69. The molecule has 0 bridgehead atoms. The number of hydrogen-bond acceptors (Lipinski definition) is 3. The van der Waals surface area contributed by atoms with Crippen molar-refractivity contribution in [2.24, 2.45) is 0 Å². The van der Waals surface area contributed by atoms with Crippen LogP contribution in [0.4, 0.5) is 0 Å². The van der Waals surface area contributed by atoms with Crippen LogP contribution in [0.2, 0.25) is 0 Å². The molecule has 1 fully saturated rings. The van der Waals surface area contributed by atoms with Crippen molar-refractivity contribution in [2.45, 2.75) is 61.3 Å². The van der Waals surface area contributed by atoms with Crippen LogP contribution in [0, 0.1) is 0 Å². The lowest BCUT2D eigenvalue weighted by Gasteiger charge is -2.27. The van der Waals surface area contributed by atoms with Crippen LogP contribution in [0.3, 0.4) is 0 Å². The minimum absolute atomic E-state index is 0.0377. The lowest BCUT2D eigenvalue weighted by Crippen LogP contribution is -2.42. The lowest BCUT2D eigenvalue weighted by molar-refractivity contribution is -0.121. The molecule has 0 aromatic heterocycles. The van der Waals surface area contributed by atoms with Crippen LogP contribution in [-0.2, 0) is 4.79 Å². The normalized spacial score (nSPS) is 24.1. The monoisotopic (exact) mass is 293 g/mol. The highest BCUT2D eigenvalue weighted by Gasteiger charge is 2.24. The molecule has 0 spiro atoms. The quantitative estimate of drug-likeness (QED) is 0.821. The van der Waals surface area contributed by atoms with Gasteiger partial charge in [-0.25, -0.2) is 0 Å². The van der Waals surface area contributed by atoms with Gasteiger partial charge < -0.3 is 10.4 Å². The van der Waals surface area contributed by atoms with Crippen molar-refractivity contribution >= 4 is 17.7 Å². The smallest absolute Gasteiger partial charge is 0.233 e. The van der Waals surface area contributed by atoms with Gasteiger partial charge in [0.1, 0.15) is 0 Å². The summed E-state index contributed by atoms with van der Waals surface area (Å²) in [5, 5.41) is 12.6. The number of hydrogen-bond donors (Lipinski definition) is 2. The zero-order chi connectivity index (χ0) is 14.4. The summed E-state index contributed by atoms with van der Waals surface area (Å²) in [5.74, 6) is 0.128. The molecular weight excluding hydrogens is 270 g/mol. The van der Waals surface area contributed by atoms with E-state index < -0.39 is 0 Å². The predicted octanol–water partition coefficient (Wildman–Crippen LogP) is 2.98. The van der Waals surface area contributed by atoms with Gasteiger partial charge in [-0.2, -0.15) is 0 Å². The Morgan fingerprint density at radius 2 is 1.95 bits per heavy atom. The highest BCUT2D eigenvalue weighted by Crippen LogP contribution is 2.26. The second kappa shape index (κ2) is 7.70. The van der Waals surface area contributed by atoms with Gasteiger partial charge in [0.15, 0.2) is 0 Å². The number of carbonyl (C=O) groups is 1. The van der Waals surface area contributed by atoms with E-state index in [1.165, 1.54) is 0 Å². The topological polar surface area (TPSA) is 49.3 Å². The molecule has 1 aliphatic rings. The van der Waals surface area contributed by atoms with Gasteiger partial charge in [0.05, 0.1) is 11.4 Å². The van der Waals surface area contributed by atoms with E-state index in [4.69, 9.17) is 0 Å². The van der Waals surface area contributed by atoms with Gasteiger partial charge in [-0.05, 0) is 44.2 Å². The molecule has 1 atom stereocenters. The summed E-state index contributed by atoms with van der Waals surface area (Å²) in [6.45, 7) is 2.05. The van der Waals surface area contributed by atoms with E-state index in [0.29, 0.717) is 0 Å². The van der Waals surface area contributed by atoms with Gasteiger partial charge in [-0.15, -0.1) is 11.8 Å². The molecule has 1 aliphatic carbocycles. The second-order valence-corrected chi connectivity index (χ2v) is 6.62. The third kappa shape index (κ3) is 4.53. The Balaban J connectivity index is 1.86. The molecular formula is C16H23NO2S. The van der Waals surface area contributed by atoms with Crippen LogP contribution in [0.5, 0.6) is 0 Å². The fraction of sp³-hybridized carbons (Fsp3) is 0.562. The molecule has 2 rings (SSSR count). The molecule has 4 heteroatoms. The fourth-order valence-corrected chi connectivity index (χ4v) is 3.48. The van der Waals surface area contributed by atoms with E-state index in [-0.39, 0.29) is 23.3 Å². The number of aliphatic hydroxyl groups is 1. The van der Waals surface area contributed by atoms with Crippen molar-refractivity contribution in [3.8, 4) is 0 Å². The zero-order valence-electron chi connectivity index (χ0n) is 11.9. The Kier molecular flexibility index (Phi) is 5.92. The number of thioether (sulfide) groups is 1. The zero-order valence-corrected chi connectivity index (χ0v) is 12.7. The van der Waals surface area contributed by atoms with Crippen molar-refractivity contribution in [3.63, 3.8) is 0 Å². The standard InChI is InChI=1S/C16H23NO2S/c1-2-15(20-14-6-4-3-5-7-14)16(19)17-12-8-10-13(18)11-9-12/h3-7,12-13,15,18H,2,8-11H2,1H3,(H,17,19). The third-order valence-corrected chi connectivity index (χ3v) is 5.10. The highest BCUT2D eigenvalue weighted by molar-refractivity contribution is 8.00. The molecule has 1 unspecified atom stereocenters. The summed E-state index contributed by atoms with van der Waals surface area (Å²) < 4.78 is 0. The molecule has 20 heavy (non-hydrogen) atoms. The van der Waals surface area contributed by atoms with Crippen molar-refractivity contribution in [1.82, 2.24) is 5.32 Å². The first-order valence-electron chi connectivity index (χ1n) is 7.39. The minimum Gasteiger partial charge on any atom is -0.393 e. The van der Waals surface area contributed by atoms with Gasteiger partial charge in [0.25, 0.3) is 0 Å². The van der Waals surface area contributed by atoms with Crippen molar-refractivity contribution in [1.29, 1.82) is 0 Å². The largest absolute Gasteiger partial charge is 0.393 e. The number of nitrogens with one attached hydrogen (secondary N) is 1. The molecule has 2 N–H and O–H groups in total. The SMILES string of the molecule is CCC(Sc1ccccc1)C(=O)NC1CCC(O)CC1. The maximum absolute atomic E-state index is 12.3. The Bertz CT molecular complexity index is 416. The maximum Gasteiger partial charge on any atom is 0.233 e. The molecule has 0 aliphatic heterocycles. The first-order valence-corrected chi connectivity index (χ1v) is 8.27. The Hall–Kier alpha value is -1.00. The van der Waals surface area contributed by atoms with Crippen LogP contribution in [0.25, 0.3) is 0 Å². The van der Waals surface area contributed by atoms with Crippen molar-refractivity contribution < 1.29 is 9.90 Å². The van der Waals surface area contributed by atoms with Crippen molar-refractivity contribution in [3.05, 3.63) is 30.3 Å². The van der Waals surface area contributed by atoms with Gasteiger partial charge in [0, 0.05) is 10.9 Å². The maximum atomic E-state index is 12.3. The Labute approximate surface area is 125 Å². The summed E-state index contributed by atoms with van der Waals surface area (Å²) in [6, 6.07) is 10.3. The number of benzene rings is 1.